The van der Waals surface area contributed by atoms with E-state index in [0.29, 0.717) is 22.0 Å². The predicted molar refractivity (Wildman–Crippen MR) is 106 cm³/mol. The predicted octanol–water partition coefficient (Wildman–Crippen LogP) is 4.28. The molecule has 1 saturated carbocycles. The zero-order valence-electron chi connectivity index (χ0n) is 15.3. The maximum Gasteiger partial charge on any atom is 0.237 e. The van der Waals surface area contributed by atoms with Crippen molar-refractivity contribution in [3.05, 3.63) is 59.1 Å². The number of ketones is 1. The molecular weight excluding hydrogens is 378 g/mol. The summed E-state index contributed by atoms with van der Waals surface area (Å²) in [7, 11) is 0. The van der Waals surface area contributed by atoms with E-state index in [4.69, 9.17) is 16.3 Å². The molecule has 0 radical (unpaired) electrons. The van der Waals surface area contributed by atoms with Crippen molar-refractivity contribution in [1.29, 1.82) is 0 Å². The first-order valence-electron chi connectivity index (χ1n) is 9.44. The maximum atomic E-state index is 12.9. The Morgan fingerprint density at radius 1 is 1.00 bits per heavy atom. The Kier molecular flexibility index (Phi) is 5.18. The average Bonchev–Trinajstić information content (AvgIpc) is 2.98. The van der Waals surface area contributed by atoms with Crippen LogP contribution in [0.1, 0.15) is 36.0 Å². The van der Waals surface area contributed by atoms with Crippen molar-refractivity contribution in [3.8, 4) is 5.75 Å². The molecule has 2 aromatic rings. The summed E-state index contributed by atoms with van der Waals surface area (Å²) in [5.41, 5.74) is 0.857. The standard InChI is InChI=1S/C22H20ClNO4/c23-15-10-11-20(28-13-19(25)14-6-2-1-3-7-14)18(12-15)24-21(26)16-8-4-5-9-17(16)22(24)27/h1-3,6-7,10-12,16-17H,4-5,8-9,13H2/t16-,17-/m1/s1. The van der Waals surface area contributed by atoms with Gasteiger partial charge in [0.25, 0.3) is 0 Å². The number of hydrogen-bond donors (Lipinski definition) is 0. The number of rotatable bonds is 5. The highest BCUT2D eigenvalue weighted by atomic mass is 35.5. The van der Waals surface area contributed by atoms with Crippen LogP contribution in [-0.4, -0.2) is 24.2 Å². The zero-order valence-corrected chi connectivity index (χ0v) is 16.0. The maximum absolute atomic E-state index is 12.9. The molecule has 2 aliphatic rings. The van der Waals surface area contributed by atoms with Gasteiger partial charge in [0.05, 0.1) is 17.5 Å². The monoisotopic (exact) mass is 397 g/mol. The summed E-state index contributed by atoms with van der Waals surface area (Å²) < 4.78 is 5.72. The Balaban J connectivity index is 1.59. The number of nitrogens with zero attached hydrogens (tertiary/aromatic N) is 1. The summed E-state index contributed by atoms with van der Waals surface area (Å²) in [6, 6.07) is 13.6. The first-order valence-corrected chi connectivity index (χ1v) is 9.82. The SMILES string of the molecule is O=C(COc1ccc(Cl)cc1N1C(=O)[C@@H]2CCCC[C@H]2C1=O)c1ccccc1. The number of carbonyl (C=O) groups is 3. The third-order valence-electron chi connectivity index (χ3n) is 5.46. The Morgan fingerprint density at radius 2 is 1.64 bits per heavy atom. The van der Waals surface area contributed by atoms with Crippen LogP contribution in [0.3, 0.4) is 0 Å². The quantitative estimate of drug-likeness (QED) is 0.558. The van der Waals surface area contributed by atoms with E-state index in [-0.39, 0.29) is 36.0 Å². The van der Waals surface area contributed by atoms with Gasteiger partial charge in [0.2, 0.25) is 11.8 Å². The Labute approximate surface area is 168 Å². The van der Waals surface area contributed by atoms with Gasteiger partial charge in [-0.25, -0.2) is 4.90 Å². The third kappa shape index (κ3) is 3.42. The lowest BCUT2D eigenvalue weighted by Gasteiger charge is -2.19. The van der Waals surface area contributed by atoms with E-state index in [9.17, 15) is 14.4 Å². The minimum absolute atomic E-state index is 0.186. The lowest BCUT2D eigenvalue weighted by Crippen LogP contribution is -2.31. The highest BCUT2D eigenvalue weighted by molar-refractivity contribution is 6.31. The molecule has 5 nitrogen and oxygen atoms in total. The summed E-state index contributed by atoms with van der Waals surface area (Å²) in [5.74, 6) is -0.811. The van der Waals surface area contributed by atoms with Crippen LogP contribution < -0.4 is 9.64 Å². The molecule has 144 valence electrons. The fraction of sp³-hybridized carbons (Fsp3) is 0.318. The molecule has 1 aliphatic heterocycles. The lowest BCUT2D eigenvalue weighted by atomic mass is 9.81. The van der Waals surface area contributed by atoms with E-state index < -0.39 is 0 Å². The number of anilines is 1. The second-order valence-corrected chi connectivity index (χ2v) is 7.64. The van der Waals surface area contributed by atoms with Gasteiger partial charge in [-0.15, -0.1) is 0 Å². The Hall–Kier alpha value is -2.66. The molecule has 0 aromatic heterocycles. The van der Waals surface area contributed by atoms with Crippen LogP contribution in [-0.2, 0) is 9.59 Å². The van der Waals surface area contributed by atoms with Gasteiger partial charge in [0, 0.05) is 10.6 Å². The molecule has 0 spiro atoms. The first kappa shape index (κ1) is 18.7. The number of hydrogen-bond acceptors (Lipinski definition) is 4. The minimum atomic E-state index is -0.265. The number of carbonyl (C=O) groups excluding carboxylic acids is 3. The molecule has 4 rings (SSSR count). The van der Waals surface area contributed by atoms with Crippen molar-refractivity contribution in [2.75, 3.05) is 11.5 Å². The summed E-state index contributed by atoms with van der Waals surface area (Å²) >= 11 is 6.13. The molecule has 1 saturated heterocycles. The lowest BCUT2D eigenvalue weighted by molar-refractivity contribution is -0.122. The van der Waals surface area contributed by atoms with Gasteiger partial charge < -0.3 is 4.74 Å². The van der Waals surface area contributed by atoms with Crippen molar-refractivity contribution < 1.29 is 19.1 Å². The topological polar surface area (TPSA) is 63.7 Å². The molecule has 2 amide bonds. The molecule has 0 N–H and O–H groups in total. The van der Waals surface area contributed by atoms with Crippen LogP contribution in [0.15, 0.2) is 48.5 Å². The number of benzene rings is 2. The Morgan fingerprint density at radius 3 is 2.29 bits per heavy atom. The molecule has 0 bridgehead atoms. The number of imide groups is 1. The van der Waals surface area contributed by atoms with Gasteiger partial charge in [-0.05, 0) is 31.0 Å². The average molecular weight is 398 g/mol. The molecule has 1 aliphatic carbocycles. The van der Waals surface area contributed by atoms with Crippen molar-refractivity contribution in [2.45, 2.75) is 25.7 Å². The molecule has 1 heterocycles. The van der Waals surface area contributed by atoms with Crippen LogP contribution in [0.4, 0.5) is 5.69 Å². The van der Waals surface area contributed by atoms with Gasteiger partial charge in [0.15, 0.2) is 12.4 Å². The molecule has 28 heavy (non-hydrogen) atoms. The van der Waals surface area contributed by atoms with Gasteiger partial charge >= 0.3 is 0 Å². The van der Waals surface area contributed by atoms with Crippen LogP contribution in [0, 0.1) is 11.8 Å². The first-order chi connectivity index (χ1) is 13.6. The normalized spacial score (nSPS) is 21.5. The van der Waals surface area contributed by atoms with Crippen molar-refractivity contribution in [3.63, 3.8) is 0 Å². The van der Waals surface area contributed by atoms with Gasteiger partial charge in [-0.1, -0.05) is 54.8 Å². The van der Waals surface area contributed by atoms with E-state index >= 15 is 0 Å². The number of amides is 2. The summed E-state index contributed by atoms with van der Waals surface area (Å²) in [4.78, 5) is 39.4. The molecule has 2 aromatic carbocycles. The van der Waals surface area contributed by atoms with E-state index in [0.717, 1.165) is 25.7 Å². The molecular formula is C22H20ClNO4. The van der Waals surface area contributed by atoms with Crippen molar-refractivity contribution >= 4 is 34.9 Å². The second kappa shape index (κ2) is 7.76. The van der Waals surface area contributed by atoms with E-state index in [1.807, 2.05) is 6.07 Å². The smallest absolute Gasteiger partial charge is 0.237 e. The molecule has 6 heteroatoms. The number of ether oxygens (including phenoxy) is 1. The summed E-state index contributed by atoms with van der Waals surface area (Å²) in [5, 5.41) is 0.396. The fourth-order valence-corrected chi connectivity index (χ4v) is 4.20. The highest BCUT2D eigenvalue weighted by Gasteiger charge is 2.49. The van der Waals surface area contributed by atoms with Gasteiger partial charge in [-0.2, -0.15) is 0 Å². The van der Waals surface area contributed by atoms with Crippen LogP contribution in [0.25, 0.3) is 0 Å². The highest BCUT2D eigenvalue weighted by Crippen LogP contribution is 2.43. The van der Waals surface area contributed by atoms with Crippen LogP contribution in [0.5, 0.6) is 5.75 Å². The van der Waals surface area contributed by atoms with E-state index in [1.54, 1.807) is 42.5 Å². The zero-order chi connectivity index (χ0) is 19.7. The van der Waals surface area contributed by atoms with Crippen LogP contribution in [0.2, 0.25) is 5.02 Å². The number of Topliss-reactive ketones (excluding diaryl/α,β-unsaturated/α-hetero) is 1. The third-order valence-corrected chi connectivity index (χ3v) is 5.69. The van der Waals surface area contributed by atoms with E-state index in [1.165, 1.54) is 4.90 Å². The van der Waals surface area contributed by atoms with Crippen molar-refractivity contribution in [1.82, 2.24) is 0 Å². The Bertz CT molecular complexity index is 903. The number of fused-ring (bicyclic) bond motifs is 1. The summed E-state index contributed by atoms with van der Waals surface area (Å²) in [6.07, 6.45) is 3.38. The molecule has 2 atom stereocenters. The summed E-state index contributed by atoms with van der Waals surface area (Å²) in [6.45, 7) is -0.193. The van der Waals surface area contributed by atoms with Gasteiger partial charge in [-0.3, -0.25) is 14.4 Å². The fourth-order valence-electron chi connectivity index (χ4n) is 4.04. The second-order valence-electron chi connectivity index (χ2n) is 7.20. The molecule has 0 unspecified atom stereocenters. The minimum Gasteiger partial charge on any atom is -0.483 e. The van der Waals surface area contributed by atoms with Gasteiger partial charge in [0.1, 0.15) is 5.75 Å². The van der Waals surface area contributed by atoms with E-state index in [2.05, 4.69) is 0 Å². The number of halogens is 1. The molecule has 2 fully saturated rings. The van der Waals surface area contributed by atoms with Crippen LogP contribution >= 0.6 is 11.6 Å². The van der Waals surface area contributed by atoms with Crippen molar-refractivity contribution in [2.24, 2.45) is 11.8 Å². The largest absolute Gasteiger partial charge is 0.483 e.